The van der Waals surface area contributed by atoms with E-state index in [1.54, 1.807) is 24.3 Å². The van der Waals surface area contributed by atoms with E-state index >= 15 is 0 Å². The summed E-state index contributed by atoms with van der Waals surface area (Å²) < 4.78 is 34.9. The zero-order chi connectivity index (χ0) is 18.4. The van der Waals surface area contributed by atoms with Crippen molar-refractivity contribution in [3.8, 4) is 11.5 Å². The Kier molecular flexibility index (Phi) is 6.00. The molecule has 0 radical (unpaired) electrons. The number of hydrazine groups is 1. The molecule has 0 bridgehead atoms. The van der Waals surface area contributed by atoms with Gasteiger partial charge in [0.15, 0.2) is 0 Å². The fraction of sp³-hybridized carbons (Fsp3) is 0.235. The van der Waals surface area contributed by atoms with Gasteiger partial charge in [0, 0.05) is 5.56 Å². The summed E-state index contributed by atoms with van der Waals surface area (Å²) in [5.74, 6) is 0.520. The van der Waals surface area contributed by atoms with Crippen LogP contribution in [-0.2, 0) is 10.0 Å². The molecule has 2 aromatic carbocycles. The second-order valence-electron chi connectivity index (χ2n) is 5.15. The third-order valence-electron chi connectivity index (χ3n) is 3.41. The number of carbonyl (C=O) groups excluding carboxylic acids is 1. The van der Waals surface area contributed by atoms with Crippen molar-refractivity contribution in [3.63, 3.8) is 0 Å². The van der Waals surface area contributed by atoms with Crippen LogP contribution in [0.3, 0.4) is 0 Å². The molecule has 0 atom stereocenters. The molecule has 134 valence electrons. The summed E-state index contributed by atoms with van der Waals surface area (Å²) in [7, 11) is -2.39. The van der Waals surface area contributed by atoms with Crippen LogP contribution in [0.15, 0.2) is 47.4 Å². The van der Waals surface area contributed by atoms with Crippen LogP contribution in [0.2, 0.25) is 0 Å². The number of benzene rings is 2. The van der Waals surface area contributed by atoms with Gasteiger partial charge >= 0.3 is 0 Å². The normalized spacial score (nSPS) is 11.0. The lowest BCUT2D eigenvalue weighted by molar-refractivity contribution is 0.0944. The largest absolute Gasteiger partial charge is 0.496 e. The van der Waals surface area contributed by atoms with Gasteiger partial charge in [0.1, 0.15) is 11.5 Å². The van der Waals surface area contributed by atoms with Crippen molar-refractivity contribution < 1.29 is 22.7 Å². The number of methoxy groups -OCH3 is 1. The van der Waals surface area contributed by atoms with Crippen molar-refractivity contribution in [2.75, 3.05) is 13.7 Å². The van der Waals surface area contributed by atoms with Crippen molar-refractivity contribution in [1.29, 1.82) is 0 Å². The van der Waals surface area contributed by atoms with Crippen molar-refractivity contribution >= 4 is 15.9 Å². The van der Waals surface area contributed by atoms with Crippen LogP contribution < -0.4 is 19.7 Å². The highest BCUT2D eigenvalue weighted by Crippen LogP contribution is 2.19. The fourth-order valence-electron chi connectivity index (χ4n) is 2.09. The van der Waals surface area contributed by atoms with Crippen LogP contribution in [0.4, 0.5) is 0 Å². The van der Waals surface area contributed by atoms with Crippen molar-refractivity contribution in [1.82, 2.24) is 10.3 Å². The fourth-order valence-corrected chi connectivity index (χ4v) is 2.93. The number of carbonyl (C=O) groups is 1. The molecule has 1 amide bonds. The Bertz CT molecular complexity index is 848. The molecule has 7 nitrogen and oxygen atoms in total. The van der Waals surface area contributed by atoms with Gasteiger partial charge in [-0.2, -0.15) is 0 Å². The van der Waals surface area contributed by atoms with Crippen LogP contribution in [-0.4, -0.2) is 28.0 Å². The van der Waals surface area contributed by atoms with Crippen molar-refractivity contribution in [2.24, 2.45) is 0 Å². The van der Waals surface area contributed by atoms with Crippen molar-refractivity contribution in [2.45, 2.75) is 18.7 Å². The predicted molar refractivity (Wildman–Crippen MR) is 93.1 cm³/mol. The quantitative estimate of drug-likeness (QED) is 0.733. The standard InChI is InChI=1S/C17H20N2O5S/c1-4-24-14-7-9-15(10-8-14)25(21,22)19-18-17(20)13-6-5-12(2)16(11-13)23-3/h5-11,19H,4H2,1-3H3,(H,18,20). The molecule has 0 saturated heterocycles. The summed E-state index contributed by atoms with van der Waals surface area (Å²) in [6, 6.07) is 10.7. The van der Waals surface area contributed by atoms with E-state index in [9.17, 15) is 13.2 Å². The molecule has 0 saturated carbocycles. The first-order chi connectivity index (χ1) is 11.9. The topological polar surface area (TPSA) is 93.7 Å². The maximum atomic E-state index is 12.2. The maximum absolute atomic E-state index is 12.2. The second-order valence-corrected chi connectivity index (χ2v) is 6.83. The van der Waals surface area contributed by atoms with Gasteiger partial charge in [-0.05, 0) is 55.8 Å². The summed E-state index contributed by atoms with van der Waals surface area (Å²) in [5, 5.41) is 0. The number of ether oxygens (including phenoxy) is 2. The van der Waals surface area contributed by atoms with Gasteiger partial charge < -0.3 is 9.47 Å². The minimum atomic E-state index is -3.89. The molecule has 0 aliphatic carbocycles. The summed E-state index contributed by atoms with van der Waals surface area (Å²) in [5.41, 5.74) is 3.33. The SMILES string of the molecule is CCOc1ccc(S(=O)(=O)NNC(=O)c2ccc(C)c(OC)c2)cc1. The number of aryl methyl sites for hydroxylation is 1. The average molecular weight is 364 g/mol. The van der Waals surface area contributed by atoms with E-state index in [0.717, 1.165) is 5.56 Å². The van der Waals surface area contributed by atoms with Crippen LogP contribution >= 0.6 is 0 Å². The first kappa shape index (κ1) is 18.8. The Balaban J connectivity index is 2.07. The van der Waals surface area contributed by atoms with Gasteiger partial charge in [0.2, 0.25) is 0 Å². The number of sulfonamides is 1. The number of rotatable bonds is 7. The van der Waals surface area contributed by atoms with E-state index in [-0.39, 0.29) is 10.5 Å². The zero-order valence-corrected chi connectivity index (χ0v) is 15.0. The predicted octanol–water partition coefficient (Wildman–Crippen LogP) is 2.03. The third-order valence-corrected chi connectivity index (χ3v) is 4.68. The molecule has 8 heteroatoms. The van der Waals surface area contributed by atoms with E-state index in [0.29, 0.717) is 18.1 Å². The van der Waals surface area contributed by atoms with Gasteiger partial charge in [-0.25, -0.2) is 8.42 Å². The van der Waals surface area contributed by atoms with Gasteiger partial charge in [0.05, 0.1) is 18.6 Å². The highest BCUT2D eigenvalue weighted by atomic mass is 32.2. The first-order valence-electron chi connectivity index (χ1n) is 7.57. The van der Waals surface area contributed by atoms with Crippen LogP contribution in [0.25, 0.3) is 0 Å². The van der Waals surface area contributed by atoms with E-state index in [1.807, 2.05) is 13.8 Å². The average Bonchev–Trinajstić information content (AvgIpc) is 2.61. The van der Waals surface area contributed by atoms with Crippen LogP contribution in [0.1, 0.15) is 22.8 Å². The number of hydrogen-bond donors (Lipinski definition) is 2. The highest BCUT2D eigenvalue weighted by Gasteiger charge is 2.16. The molecule has 0 fully saturated rings. The van der Waals surface area contributed by atoms with E-state index in [2.05, 4.69) is 10.3 Å². The molecule has 2 aromatic rings. The molecule has 2 N–H and O–H groups in total. The monoisotopic (exact) mass is 364 g/mol. The van der Waals surface area contributed by atoms with E-state index in [1.165, 1.54) is 25.3 Å². The zero-order valence-electron chi connectivity index (χ0n) is 14.2. The summed E-state index contributed by atoms with van der Waals surface area (Å²) in [6.07, 6.45) is 0. The highest BCUT2D eigenvalue weighted by molar-refractivity contribution is 7.89. The Hall–Kier alpha value is -2.58. The molecule has 0 unspecified atom stereocenters. The van der Waals surface area contributed by atoms with Crippen LogP contribution in [0, 0.1) is 6.92 Å². The number of amides is 1. The number of nitrogens with one attached hydrogen (secondary N) is 2. The minimum absolute atomic E-state index is 0.0118. The van der Waals surface area contributed by atoms with E-state index < -0.39 is 15.9 Å². The Morgan fingerprint density at radius 2 is 1.80 bits per heavy atom. The number of hydrogen-bond acceptors (Lipinski definition) is 5. The second kappa shape index (κ2) is 8.00. The molecule has 25 heavy (non-hydrogen) atoms. The minimum Gasteiger partial charge on any atom is -0.496 e. The Labute approximate surface area is 147 Å². The molecule has 0 heterocycles. The summed E-state index contributed by atoms with van der Waals surface area (Å²) >= 11 is 0. The Morgan fingerprint density at radius 1 is 1.12 bits per heavy atom. The van der Waals surface area contributed by atoms with Gasteiger partial charge in [-0.15, -0.1) is 4.83 Å². The molecule has 0 aliphatic rings. The van der Waals surface area contributed by atoms with E-state index in [4.69, 9.17) is 9.47 Å². The molecule has 0 spiro atoms. The molecular formula is C17H20N2O5S. The third kappa shape index (κ3) is 4.71. The van der Waals surface area contributed by atoms with Crippen LogP contribution in [0.5, 0.6) is 11.5 Å². The smallest absolute Gasteiger partial charge is 0.266 e. The molecule has 0 aromatic heterocycles. The molecule has 0 aliphatic heterocycles. The maximum Gasteiger partial charge on any atom is 0.266 e. The molecular weight excluding hydrogens is 344 g/mol. The van der Waals surface area contributed by atoms with Gasteiger partial charge in [0.25, 0.3) is 15.9 Å². The summed E-state index contributed by atoms with van der Waals surface area (Å²) in [4.78, 5) is 14.2. The van der Waals surface area contributed by atoms with Gasteiger partial charge in [-0.1, -0.05) is 6.07 Å². The first-order valence-corrected chi connectivity index (χ1v) is 9.05. The lowest BCUT2D eigenvalue weighted by Gasteiger charge is -2.11. The van der Waals surface area contributed by atoms with Gasteiger partial charge in [-0.3, -0.25) is 10.2 Å². The molecule has 2 rings (SSSR count). The Morgan fingerprint density at radius 3 is 2.40 bits per heavy atom. The lowest BCUT2D eigenvalue weighted by atomic mass is 10.1. The lowest BCUT2D eigenvalue weighted by Crippen LogP contribution is -2.41. The summed E-state index contributed by atoms with van der Waals surface area (Å²) in [6.45, 7) is 4.16. The van der Waals surface area contributed by atoms with Crippen molar-refractivity contribution in [3.05, 3.63) is 53.6 Å².